The highest BCUT2D eigenvalue weighted by molar-refractivity contribution is 5.90. The average molecular weight is 323 g/mol. The Morgan fingerprint density at radius 3 is 2.61 bits per heavy atom. The first kappa shape index (κ1) is 16.6. The van der Waals surface area contributed by atoms with Crippen LogP contribution < -0.4 is 0 Å². The normalized spacial score (nSPS) is 18.7. The lowest BCUT2D eigenvalue weighted by Crippen LogP contribution is -2.44. The minimum atomic E-state index is -1.21. The fraction of sp³-hybridized carbons (Fsp3) is 0.400. The molecule has 1 aliphatic heterocycles. The van der Waals surface area contributed by atoms with Crippen LogP contribution in [0.1, 0.15) is 12.0 Å². The number of hydrogen-bond donors (Lipinski definition) is 3. The molecule has 0 aliphatic carbocycles. The number of esters is 1. The van der Waals surface area contributed by atoms with E-state index in [9.17, 15) is 29.7 Å². The van der Waals surface area contributed by atoms with Crippen LogP contribution in [0.25, 0.3) is 0 Å². The van der Waals surface area contributed by atoms with Crippen LogP contribution >= 0.6 is 0 Å². The van der Waals surface area contributed by atoms with Crippen LogP contribution in [-0.2, 0) is 25.5 Å². The maximum atomic E-state index is 12.0. The first-order valence-corrected chi connectivity index (χ1v) is 6.94. The van der Waals surface area contributed by atoms with Crippen LogP contribution in [0.3, 0.4) is 0 Å². The van der Waals surface area contributed by atoms with Crippen molar-refractivity contribution < 1.29 is 34.4 Å². The monoisotopic (exact) mass is 323 g/mol. The molecule has 8 heteroatoms. The van der Waals surface area contributed by atoms with Crippen LogP contribution in [0.5, 0.6) is 11.5 Å². The number of phenols is 2. The quantitative estimate of drug-likeness (QED) is 0.519. The van der Waals surface area contributed by atoms with Gasteiger partial charge < -0.3 is 25.0 Å². The van der Waals surface area contributed by atoms with Gasteiger partial charge >= 0.3 is 11.9 Å². The average Bonchev–Trinajstić information content (AvgIpc) is 2.89. The molecule has 124 valence electrons. The summed E-state index contributed by atoms with van der Waals surface area (Å²) in [4.78, 5) is 36.2. The van der Waals surface area contributed by atoms with E-state index in [0.29, 0.717) is 5.56 Å². The molecule has 0 bridgehead atoms. The molecule has 1 heterocycles. The molecule has 1 amide bonds. The Kier molecular flexibility index (Phi) is 4.73. The number of methoxy groups -OCH3 is 1. The zero-order valence-electron chi connectivity index (χ0n) is 12.4. The van der Waals surface area contributed by atoms with Crippen molar-refractivity contribution in [1.82, 2.24) is 4.90 Å². The summed E-state index contributed by atoms with van der Waals surface area (Å²) in [5.41, 5.74) is 0.446. The zero-order valence-corrected chi connectivity index (χ0v) is 12.4. The fourth-order valence-corrected chi connectivity index (χ4v) is 2.61. The number of hydrogen-bond acceptors (Lipinski definition) is 6. The van der Waals surface area contributed by atoms with Crippen molar-refractivity contribution in [3.8, 4) is 11.5 Å². The van der Waals surface area contributed by atoms with Gasteiger partial charge in [-0.25, -0.2) is 4.79 Å². The van der Waals surface area contributed by atoms with Gasteiger partial charge in [0.2, 0.25) is 5.91 Å². The summed E-state index contributed by atoms with van der Waals surface area (Å²) in [5, 5.41) is 28.2. The van der Waals surface area contributed by atoms with Gasteiger partial charge in [-0.2, -0.15) is 0 Å². The lowest BCUT2D eigenvalue weighted by molar-refractivity contribution is -0.148. The van der Waals surface area contributed by atoms with Gasteiger partial charge in [-0.3, -0.25) is 9.59 Å². The van der Waals surface area contributed by atoms with Gasteiger partial charge in [0.15, 0.2) is 11.5 Å². The lowest BCUT2D eigenvalue weighted by atomic mass is 10.0. The van der Waals surface area contributed by atoms with Crippen LogP contribution in [-0.4, -0.2) is 57.8 Å². The number of nitrogens with zero attached hydrogens (tertiary/aromatic N) is 1. The van der Waals surface area contributed by atoms with E-state index in [1.807, 2.05) is 0 Å². The number of likely N-dealkylation sites (tertiary alicyclic amines) is 1. The number of carboxylic acid groups (broad SMARTS) is 1. The highest BCUT2D eigenvalue weighted by Crippen LogP contribution is 2.27. The summed E-state index contributed by atoms with van der Waals surface area (Å²) in [6.07, 6.45) is -0.139. The maximum absolute atomic E-state index is 12.0. The van der Waals surface area contributed by atoms with Crippen molar-refractivity contribution in [2.75, 3.05) is 13.7 Å². The zero-order chi connectivity index (χ0) is 17.1. The Bertz CT molecular complexity index is 643. The lowest BCUT2D eigenvalue weighted by Gasteiger charge is -2.24. The van der Waals surface area contributed by atoms with Gasteiger partial charge in [0, 0.05) is 19.4 Å². The third kappa shape index (κ3) is 3.53. The molecule has 0 aromatic heterocycles. The first-order valence-electron chi connectivity index (χ1n) is 6.94. The summed E-state index contributed by atoms with van der Waals surface area (Å²) in [6, 6.07) is 2.78. The highest BCUT2D eigenvalue weighted by atomic mass is 16.5. The second-order valence-corrected chi connectivity index (χ2v) is 5.35. The summed E-state index contributed by atoms with van der Waals surface area (Å²) in [7, 11) is 1.21. The van der Waals surface area contributed by atoms with Gasteiger partial charge in [0.25, 0.3) is 0 Å². The van der Waals surface area contributed by atoms with Crippen LogP contribution in [0, 0.1) is 5.92 Å². The fourth-order valence-electron chi connectivity index (χ4n) is 2.61. The number of aliphatic carboxylic acids is 1. The van der Waals surface area contributed by atoms with Gasteiger partial charge in [0.05, 0.1) is 13.0 Å². The number of phenolic OH excluding ortho intramolecular Hbond substituents is 2. The molecule has 1 fully saturated rings. The van der Waals surface area contributed by atoms with E-state index in [4.69, 9.17) is 0 Å². The van der Waals surface area contributed by atoms with E-state index < -0.39 is 29.8 Å². The van der Waals surface area contributed by atoms with E-state index in [-0.39, 0.29) is 30.9 Å². The molecule has 3 N–H and O–H groups in total. The summed E-state index contributed by atoms with van der Waals surface area (Å²) >= 11 is 0. The number of carboxylic acids is 1. The second kappa shape index (κ2) is 6.55. The summed E-state index contributed by atoms with van der Waals surface area (Å²) in [5.74, 6) is -3.56. The van der Waals surface area contributed by atoms with E-state index in [1.165, 1.54) is 25.3 Å². The van der Waals surface area contributed by atoms with Crippen molar-refractivity contribution in [2.24, 2.45) is 5.92 Å². The molecule has 1 aliphatic rings. The third-order valence-electron chi connectivity index (χ3n) is 3.82. The second-order valence-electron chi connectivity index (χ2n) is 5.35. The Morgan fingerprint density at radius 1 is 1.35 bits per heavy atom. The SMILES string of the molecule is COC(=O)C1CC(=O)N(C(Cc2ccc(O)c(O)c2)C(=O)O)C1. The number of carbonyl (C=O) groups excluding carboxylic acids is 2. The molecule has 2 unspecified atom stereocenters. The summed E-state index contributed by atoms with van der Waals surface area (Å²) in [6.45, 7) is -0.0213. The first-order chi connectivity index (χ1) is 10.8. The topological polar surface area (TPSA) is 124 Å². The largest absolute Gasteiger partial charge is 0.504 e. The standard InChI is InChI=1S/C15H17NO7/c1-23-15(22)9-6-13(19)16(7-9)10(14(20)21)4-8-2-3-11(17)12(18)5-8/h2-3,5,9-10,17-18H,4,6-7H2,1H3,(H,20,21). The number of aromatic hydroxyl groups is 2. The molecule has 1 aromatic carbocycles. The highest BCUT2D eigenvalue weighted by Gasteiger charge is 2.41. The molecule has 0 radical (unpaired) electrons. The smallest absolute Gasteiger partial charge is 0.326 e. The molecule has 0 spiro atoms. The Morgan fingerprint density at radius 2 is 2.04 bits per heavy atom. The van der Waals surface area contributed by atoms with Gasteiger partial charge in [-0.05, 0) is 17.7 Å². The van der Waals surface area contributed by atoms with Gasteiger partial charge in [-0.1, -0.05) is 6.07 Å². The van der Waals surface area contributed by atoms with Crippen molar-refractivity contribution in [2.45, 2.75) is 18.9 Å². The molecule has 23 heavy (non-hydrogen) atoms. The maximum Gasteiger partial charge on any atom is 0.326 e. The number of amides is 1. The molecular weight excluding hydrogens is 306 g/mol. The molecular formula is C15H17NO7. The summed E-state index contributed by atoms with van der Waals surface area (Å²) < 4.78 is 4.59. The number of rotatable bonds is 5. The number of carbonyl (C=O) groups is 3. The van der Waals surface area contributed by atoms with Crippen molar-refractivity contribution >= 4 is 17.8 Å². The molecule has 1 saturated heterocycles. The Hall–Kier alpha value is -2.77. The van der Waals surface area contributed by atoms with Gasteiger partial charge in [0.1, 0.15) is 6.04 Å². The predicted molar refractivity (Wildman–Crippen MR) is 76.7 cm³/mol. The Balaban J connectivity index is 2.18. The van der Waals surface area contributed by atoms with Crippen LogP contribution in [0.4, 0.5) is 0 Å². The van der Waals surface area contributed by atoms with E-state index in [0.717, 1.165) is 4.90 Å². The molecule has 8 nitrogen and oxygen atoms in total. The Labute approximate surface area is 131 Å². The van der Waals surface area contributed by atoms with E-state index in [2.05, 4.69) is 4.74 Å². The van der Waals surface area contributed by atoms with Crippen LogP contribution in [0.2, 0.25) is 0 Å². The van der Waals surface area contributed by atoms with Gasteiger partial charge in [-0.15, -0.1) is 0 Å². The number of ether oxygens (including phenoxy) is 1. The minimum absolute atomic E-state index is 0.0213. The van der Waals surface area contributed by atoms with Crippen LogP contribution in [0.15, 0.2) is 18.2 Å². The molecule has 1 aromatic rings. The molecule has 2 atom stereocenters. The van der Waals surface area contributed by atoms with Crippen molar-refractivity contribution in [3.63, 3.8) is 0 Å². The van der Waals surface area contributed by atoms with Crippen molar-refractivity contribution in [1.29, 1.82) is 0 Å². The number of benzene rings is 1. The van der Waals surface area contributed by atoms with Crippen molar-refractivity contribution in [3.05, 3.63) is 23.8 Å². The third-order valence-corrected chi connectivity index (χ3v) is 3.82. The minimum Gasteiger partial charge on any atom is -0.504 e. The molecule has 2 rings (SSSR count). The molecule has 0 saturated carbocycles. The van der Waals surface area contributed by atoms with E-state index in [1.54, 1.807) is 0 Å². The van der Waals surface area contributed by atoms with E-state index >= 15 is 0 Å². The predicted octanol–water partition coefficient (Wildman–Crippen LogP) is 0.115.